The number of aliphatic hydroxyl groups is 1. The van der Waals surface area contributed by atoms with Crippen molar-refractivity contribution in [3.63, 3.8) is 0 Å². The molecule has 0 radical (unpaired) electrons. The first-order valence-electron chi connectivity index (χ1n) is 15.8. The normalized spacial score (nSPS) is 24.8. The molecule has 3 aromatic rings. The van der Waals surface area contributed by atoms with Crippen molar-refractivity contribution in [3.8, 4) is 0 Å². The van der Waals surface area contributed by atoms with Gasteiger partial charge in [0.15, 0.2) is 0 Å². The molecule has 4 heterocycles. The van der Waals surface area contributed by atoms with E-state index in [9.17, 15) is 39.2 Å². The van der Waals surface area contributed by atoms with E-state index in [1.165, 1.54) is 26.2 Å². The summed E-state index contributed by atoms with van der Waals surface area (Å²) in [5.41, 5.74) is 7.63. The first kappa shape index (κ1) is 37.6. The number of aliphatic hydroxyl groups excluding tert-OH is 1. The number of hydrogen-bond donors (Lipinski definition) is 4. The zero-order valence-electron chi connectivity index (χ0n) is 27.7. The van der Waals surface area contributed by atoms with Crippen molar-refractivity contribution >= 4 is 13.7 Å². The average Bonchev–Trinajstić information content (AvgIpc) is 3.70. The number of aromatic amines is 2. The monoisotopic (exact) mass is 732 g/mol. The van der Waals surface area contributed by atoms with Crippen LogP contribution in [-0.2, 0) is 39.0 Å². The maximum atomic E-state index is 14.7. The van der Waals surface area contributed by atoms with Gasteiger partial charge in [0.1, 0.15) is 30.7 Å². The quantitative estimate of drug-likeness (QED) is 0.0589. The molecule has 2 aliphatic rings. The molecule has 1 unspecified atom stereocenters. The van der Waals surface area contributed by atoms with E-state index >= 15 is 0 Å². The number of azide groups is 1. The maximum Gasteiger partial charge on any atom is 0.406 e. The fourth-order valence-corrected chi connectivity index (χ4v) is 7.48. The first-order chi connectivity index (χ1) is 24.3. The minimum atomic E-state index is -4.66. The predicted molar refractivity (Wildman–Crippen MR) is 177 cm³/mol. The molecule has 20 nitrogen and oxygen atoms in total. The summed E-state index contributed by atoms with van der Waals surface area (Å²) in [5, 5.41) is 16.6. The van der Waals surface area contributed by atoms with Gasteiger partial charge >= 0.3 is 25.1 Å². The van der Waals surface area contributed by atoms with Crippen LogP contribution in [0.1, 0.15) is 42.0 Å². The summed E-state index contributed by atoms with van der Waals surface area (Å²) in [6, 6.07) is 6.53. The van der Waals surface area contributed by atoms with Crippen LogP contribution in [0.25, 0.3) is 10.4 Å². The summed E-state index contributed by atoms with van der Waals surface area (Å²) in [6.45, 7) is 1.79. The molecule has 4 N–H and O–H groups in total. The molecule has 0 amide bonds. The fourth-order valence-electron chi connectivity index (χ4n) is 5.78. The highest BCUT2D eigenvalue weighted by molar-refractivity contribution is 7.51. The van der Waals surface area contributed by atoms with Gasteiger partial charge in [0, 0.05) is 41.3 Å². The Bertz CT molecular complexity index is 2060. The van der Waals surface area contributed by atoms with Gasteiger partial charge in [-0.15, -0.1) is 0 Å². The Morgan fingerprint density at radius 2 is 1.63 bits per heavy atom. The number of carbonyl (C=O) groups excluding carboxylic acids is 1. The van der Waals surface area contributed by atoms with Gasteiger partial charge in [0.05, 0.1) is 32.5 Å². The number of H-pyrrole nitrogens is 2. The highest BCUT2D eigenvalue weighted by Crippen LogP contribution is 2.50. The van der Waals surface area contributed by atoms with Crippen molar-refractivity contribution in [3.05, 3.63) is 112 Å². The Hall–Kier alpha value is -4.65. The van der Waals surface area contributed by atoms with Gasteiger partial charge in [-0.1, -0.05) is 35.4 Å². The predicted octanol–water partition coefficient (Wildman–Crippen LogP) is 0.834. The SMILES string of the molecule is COC(=O)[C@H](Cc1ccccc1)NP(=O)(OC[C@H]1O[C@@H](n2cc(C)c(=O)[nH]c2=O)C[C@@H]1N=[N+]=[N-])O[C@H]1C[C@H](n2cc(C)c(=O)[nH]c2=O)O[C@@H]1CO. The average molecular weight is 733 g/mol. The lowest BCUT2D eigenvalue weighted by Gasteiger charge is -2.28. The zero-order chi connectivity index (χ0) is 36.9. The fraction of sp³-hybridized carbons (Fsp3) is 0.500. The second-order valence-electron chi connectivity index (χ2n) is 12.0. The van der Waals surface area contributed by atoms with Crippen LogP contribution in [0.4, 0.5) is 0 Å². The molecule has 5 rings (SSSR count). The number of hydrogen-bond acceptors (Lipinski definition) is 13. The van der Waals surface area contributed by atoms with E-state index in [1.54, 1.807) is 30.3 Å². The van der Waals surface area contributed by atoms with Gasteiger partial charge in [-0.3, -0.25) is 42.5 Å². The molecule has 8 atom stereocenters. The van der Waals surface area contributed by atoms with Gasteiger partial charge in [-0.05, 0) is 31.4 Å². The van der Waals surface area contributed by atoms with Crippen LogP contribution in [0.2, 0.25) is 0 Å². The van der Waals surface area contributed by atoms with Crippen LogP contribution in [0, 0.1) is 13.8 Å². The number of ether oxygens (including phenoxy) is 3. The van der Waals surface area contributed by atoms with Crippen LogP contribution in [0.3, 0.4) is 0 Å². The lowest BCUT2D eigenvalue weighted by Crippen LogP contribution is -2.40. The summed E-state index contributed by atoms with van der Waals surface area (Å²) >= 11 is 0. The van der Waals surface area contributed by atoms with Crippen LogP contribution in [0.5, 0.6) is 0 Å². The van der Waals surface area contributed by atoms with E-state index in [1.807, 2.05) is 0 Å². The van der Waals surface area contributed by atoms with Crippen LogP contribution < -0.4 is 27.6 Å². The number of rotatable bonds is 14. The molecule has 21 heteroatoms. The largest absolute Gasteiger partial charge is 0.468 e. The summed E-state index contributed by atoms with van der Waals surface area (Å²) < 4.78 is 45.6. The maximum absolute atomic E-state index is 14.7. The topological polar surface area (TPSA) is 271 Å². The molecule has 0 aliphatic carbocycles. The standard InChI is InChI=1S/C30H37N8O12P/c1-16-12-37(29(43)32-26(16)40)24-10-19(34-36-31)23(49-24)15-47-51(45,35-20(28(42)46-3)9-18-7-5-4-6-8-18)50-21-11-25(48-22(21)14-39)38-13-17(2)27(41)33-30(38)44/h4-8,12-13,19-25,39H,9-11,14-15H2,1-3H3,(H,35,45)(H,32,40,43)(H,33,41,44)/t19-,20-,21-,22+,23+,24+,25+,51?/m0/s1. The van der Waals surface area contributed by atoms with Crippen LogP contribution in [0.15, 0.2) is 67.0 Å². The first-order valence-corrected chi connectivity index (χ1v) is 17.3. The third kappa shape index (κ3) is 8.81. The summed E-state index contributed by atoms with van der Waals surface area (Å²) in [4.78, 5) is 69.2. The molecule has 0 spiro atoms. The minimum absolute atomic E-state index is 0.0126. The van der Waals surface area contributed by atoms with Crippen LogP contribution >= 0.6 is 7.75 Å². The van der Waals surface area contributed by atoms with Crippen molar-refractivity contribution in [2.24, 2.45) is 5.11 Å². The van der Waals surface area contributed by atoms with Crippen molar-refractivity contribution in [2.75, 3.05) is 20.3 Å². The zero-order valence-corrected chi connectivity index (χ0v) is 28.6. The molecule has 51 heavy (non-hydrogen) atoms. The second-order valence-corrected chi connectivity index (χ2v) is 13.7. The lowest BCUT2D eigenvalue weighted by molar-refractivity contribution is -0.142. The number of nitrogens with one attached hydrogen (secondary N) is 3. The molecule has 274 valence electrons. The molecular weight excluding hydrogens is 695 g/mol. The summed E-state index contributed by atoms with van der Waals surface area (Å²) in [7, 11) is -3.51. The summed E-state index contributed by atoms with van der Waals surface area (Å²) in [6.07, 6.45) is -3.10. The summed E-state index contributed by atoms with van der Waals surface area (Å²) in [5.74, 6) is -0.808. The van der Waals surface area contributed by atoms with E-state index in [4.69, 9.17) is 23.3 Å². The Morgan fingerprint density at radius 3 is 2.20 bits per heavy atom. The van der Waals surface area contributed by atoms with Crippen molar-refractivity contribution < 1.29 is 37.7 Å². The number of nitrogens with zero attached hydrogens (tertiary/aromatic N) is 5. The Labute approximate surface area is 288 Å². The van der Waals surface area contributed by atoms with Crippen molar-refractivity contribution in [1.82, 2.24) is 24.2 Å². The highest BCUT2D eigenvalue weighted by Gasteiger charge is 2.45. The number of methoxy groups -OCH3 is 1. The molecule has 2 aliphatic heterocycles. The lowest BCUT2D eigenvalue weighted by atomic mass is 10.1. The highest BCUT2D eigenvalue weighted by atomic mass is 31.2. The molecule has 0 saturated carbocycles. The Kier molecular flexibility index (Phi) is 11.9. The van der Waals surface area contributed by atoms with E-state index < -0.39 is 92.3 Å². The number of aryl methyl sites for hydroxylation is 2. The van der Waals surface area contributed by atoms with Crippen molar-refractivity contribution in [1.29, 1.82) is 0 Å². The number of benzene rings is 1. The smallest absolute Gasteiger partial charge is 0.406 e. The number of aromatic nitrogens is 4. The molecule has 2 aromatic heterocycles. The Morgan fingerprint density at radius 1 is 1.04 bits per heavy atom. The minimum Gasteiger partial charge on any atom is -0.468 e. The van der Waals surface area contributed by atoms with E-state index in [2.05, 4.69) is 25.1 Å². The second kappa shape index (κ2) is 16.1. The van der Waals surface area contributed by atoms with E-state index in [-0.39, 0.29) is 30.4 Å². The Balaban J connectivity index is 1.44. The van der Waals surface area contributed by atoms with E-state index in [0.717, 1.165) is 16.2 Å². The molecule has 2 saturated heterocycles. The third-order valence-electron chi connectivity index (χ3n) is 8.44. The van der Waals surface area contributed by atoms with E-state index in [0.29, 0.717) is 5.56 Å². The molecule has 1 aromatic carbocycles. The van der Waals surface area contributed by atoms with Gasteiger partial charge in [0.2, 0.25) is 0 Å². The van der Waals surface area contributed by atoms with Gasteiger partial charge in [-0.2, -0.15) is 0 Å². The van der Waals surface area contributed by atoms with Gasteiger partial charge in [-0.25, -0.2) is 19.2 Å². The van der Waals surface area contributed by atoms with Gasteiger partial charge in [0.25, 0.3) is 11.1 Å². The van der Waals surface area contributed by atoms with Crippen LogP contribution in [-0.4, -0.2) is 80.9 Å². The number of carbonyl (C=O) groups is 1. The molecule has 2 fully saturated rings. The van der Waals surface area contributed by atoms with Gasteiger partial charge < -0.3 is 19.3 Å². The molecule has 0 bridgehead atoms. The number of esters is 1. The third-order valence-corrected chi connectivity index (χ3v) is 10.1. The van der Waals surface area contributed by atoms with Crippen molar-refractivity contribution in [2.45, 2.75) is 76.0 Å². The molecular formula is C30H37N8O12P.